The molecular formula is C74H57BrIO44S3-15. The predicted molar refractivity (Wildman–Crippen MR) is 376 cm³/mol. The Bertz CT molecular complexity index is 5180. The number of hydrogen-bond donors (Lipinski definition) is 3. The maximum atomic E-state index is 10.8. The van der Waals surface area contributed by atoms with Gasteiger partial charge in [0.1, 0.15) is 55.1 Å². The fourth-order valence-corrected chi connectivity index (χ4v) is 11.2. The van der Waals surface area contributed by atoms with E-state index in [2.05, 4.69) is 40.2 Å². The Morgan fingerprint density at radius 1 is 0.415 bits per heavy atom. The molecule has 0 aliphatic carbocycles. The highest BCUT2D eigenvalue weighted by atomic mass is 127. The molecule has 0 atom stereocenters. The zero-order chi connectivity index (χ0) is 94.1. The van der Waals surface area contributed by atoms with E-state index in [1.165, 1.54) is 37.5 Å². The number of hydrogen-bond acceptors (Lipinski definition) is 41. The first kappa shape index (κ1) is 113. The van der Waals surface area contributed by atoms with Crippen molar-refractivity contribution in [2.75, 3.05) is 27.4 Å². The standard InChI is InChI=1S/C14H14IO2.C10H10O6.C10H10O4.C8H5BrO4.C8H6O5.C7H6O5S.C6H6O6S2.C5H6O4.C3H4O4.C2H2O4.CH4/c1-16-13-7-3-11(4-8-13)15-12-5-9-14(17-2)10-6-12;11-9(12)5-15-7-3-1-2-4-8(7)16-6-10(13)14;11-9(12)5-7-2-1-3-8(4-7)6-10(13)14;9-6-2-1-4(7(10)11)3-5(6)8(12)13;9-6-2-4(7(10)11)1-5(3-6)8(12)13;8-7(9)5-1-3-6(4-2-5)13(10,11)12;7-13(8,9)5-2-1-3-6(4-5)14(10,11)12;1-3(5(8)9)2-4(6)7;4-2(5)1-3(6)7;3-1(4)2(5)6;/h3-10H,1-2H3;1-4H,5-6H2,(H,11,12)(H,13,14);1-4H,5-6H2,(H,11,12)(H,13,14);1-3H,(H,10,11)(H,12,13);1-3,9H,(H,10,11)(H,12,13);1-4H,(H,8,9)(H,10,11,12);1-4H,(H,7,8,9)(H,10,11,12);2H,1H3,(H,6,7)(H,8,9);1H2,(H,4,5)(H,6,7);(H,3,4)(H,5,6);1H4/q+1;;;;;;;;;;/p-16/b;;;;;;;3-2-;;;. The van der Waals surface area contributed by atoms with E-state index in [4.69, 9.17) is 49.0 Å². The molecule has 0 fully saturated rings. The molecule has 0 saturated carbocycles. The minimum Gasteiger partial charge on any atom is -0.872 e. The number of carbonyl (C=O) groups is 15. The van der Waals surface area contributed by atoms with Gasteiger partial charge in [-0.15, -0.1) is 5.75 Å². The van der Waals surface area contributed by atoms with Crippen molar-refractivity contribution in [2.45, 2.75) is 48.3 Å². The molecule has 8 aromatic carbocycles. The second-order valence-electron chi connectivity index (χ2n) is 21.3. The lowest BCUT2D eigenvalue weighted by Gasteiger charge is -2.12. The van der Waals surface area contributed by atoms with Crippen LogP contribution >= 0.6 is 15.9 Å². The molecule has 0 unspecified atom stereocenters. The van der Waals surface area contributed by atoms with Crippen LogP contribution < -0.4 is 107 Å². The summed E-state index contributed by atoms with van der Waals surface area (Å²) in [4.78, 5) is 147. The fraction of sp³-hybridized carbons (Fsp3) is 0.122. The van der Waals surface area contributed by atoms with E-state index in [9.17, 15) is 163 Å². The van der Waals surface area contributed by atoms with Crippen LogP contribution in [0.2, 0.25) is 0 Å². The van der Waals surface area contributed by atoms with E-state index >= 15 is 0 Å². The van der Waals surface area contributed by atoms with Gasteiger partial charge in [-0.1, -0.05) is 96.2 Å². The third-order valence-corrected chi connectivity index (χ3v) is 18.1. The van der Waals surface area contributed by atoms with E-state index in [1.54, 1.807) is 44.6 Å². The zero-order valence-corrected chi connectivity index (χ0v) is 67.7. The minimum absolute atomic E-state index is 0. The summed E-state index contributed by atoms with van der Waals surface area (Å²) in [6, 6.07) is 42.3. The highest BCUT2D eigenvalue weighted by Crippen LogP contribution is 2.26. The summed E-state index contributed by atoms with van der Waals surface area (Å²) >= 11 is 2.83. The van der Waals surface area contributed by atoms with E-state index < -0.39 is 166 Å². The molecule has 3 N–H and O–H groups in total. The number of rotatable bonds is 26. The molecular weight excluding hydrogens is 1900 g/mol. The summed E-state index contributed by atoms with van der Waals surface area (Å²) in [5.74, 6) is -20.9. The summed E-state index contributed by atoms with van der Waals surface area (Å²) < 4.78 is 117. The smallest absolute Gasteiger partial charge is 0.357 e. The van der Waals surface area contributed by atoms with Crippen molar-refractivity contribution in [3.63, 3.8) is 0 Å². The van der Waals surface area contributed by atoms with Gasteiger partial charge in [0.05, 0.1) is 94.6 Å². The number of aromatic carboxylic acids is 5. The lowest BCUT2D eigenvalue weighted by molar-refractivity contribution is -0.597. The number of para-hydroxylation sites is 2. The van der Waals surface area contributed by atoms with Crippen molar-refractivity contribution in [3.05, 3.63) is 244 Å². The lowest BCUT2D eigenvalue weighted by Crippen LogP contribution is -3.61. The van der Waals surface area contributed by atoms with Crippen LogP contribution in [0.15, 0.2) is 213 Å². The van der Waals surface area contributed by atoms with Crippen molar-refractivity contribution >= 4 is 136 Å². The molecule has 0 amide bonds. The fourth-order valence-electron chi connectivity index (χ4n) is 7.09. The van der Waals surface area contributed by atoms with Crippen LogP contribution in [0.3, 0.4) is 0 Å². The van der Waals surface area contributed by atoms with Gasteiger partial charge in [0.15, 0.2) is 24.6 Å². The van der Waals surface area contributed by atoms with E-state index in [0.29, 0.717) is 23.3 Å². The maximum Gasteiger partial charge on any atom is 0.357 e. The topological polar surface area (TPSA) is 825 Å². The number of carboxylic acids is 15. The average Bonchev–Trinajstić information content (AvgIpc) is 0.825. The van der Waals surface area contributed by atoms with Crippen molar-refractivity contribution in [2.24, 2.45) is 0 Å². The van der Waals surface area contributed by atoms with Gasteiger partial charge < -0.3 is 172 Å². The average molecular weight is 1950 g/mol. The van der Waals surface area contributed by atoms with Gasteiger partial charge in [0.25, 0.3) is 0 Å². The van der Waals surface area contributed by atoms with Gasteiger partial charge in [-0.3, -0.25) is 4.79 Å². The van der Waals surface area contributed by atoms with Crippen LogP contribution in [0.4, 0.5) is 0 Å². The largest absolute Gasteiger partial charge is 0.872 e. The normalized spacial score (nSPS) is 9.99. The number of carbonyl (C=O) groups excluding carboxylic acids is 12. The predicted octanol–water partition coefficient (Wildman–Crippen LogP) is -13.4. The van der Waals surface area contributed by atoms with Crippen molar-refractivity contribution in [3.8, 4) is 28.7 Å². The first-order valence-electron chi connectivity index (χ1n) is 31.3. The van der Waals surface area contributed by atoms with Gasteiger partial charge >= 0.3 is 39.1 Å². The minimum atomic E-state index is -4.74. The van der Waals surface area contributed by atoms with Crippen molar-refractivity contribution in [1.29, 1.82) is 0 Å². The Balaban J connectivity index is -0.00000131. The molecule has 0 saturated heterocycles. The van der Waals surface area contributed by atoms with Crippen LogP contribution in [-0.2, 0) is 91.1 Å². The van der Waals surface area contributed by atoms with Crippen LogP contribution in [-0.4, -0.2) is 171 Å². The molecule has 8 aromatic rings. The Hall–Kier alpha value is -14.5. The second-order valence-corrected chi connectivity index (χ2v) is 29.3. The number of carboxylic acid groups (broad SMARTS) is 15. The molecule has 123 heavy (non-hydrogen) atoms. The molecule has 44 nitrogen and oxygen atoms in total. The summed E-state index contributed by atoms with van der Waals surface area (Å²) in [5, 5.41) is 154. The second kappa shape index (κ2) is 56.8. The Morgan fingerprint density at radius 2 is 0.797 bits per heavy atom. The Morgan fingerprint density at radius 3 is 1.09 bits per heavy atom. The Kier molecular flexibility index (Phi) is 52.0. The van der Waals surface area contributed by atoms with Crippen LogP contribution in [0.5, 0.6) is 28.7 Å². The number of halogens is 2. The lowest BCUT2D eigenvalue weighted by atomic mass is 10.1. The maximum absolute atomic E-state index is 10.8. The summed E-state index contributed by atoms with van der Waals surface area (Å²) in [6.45, 7) is -0.150. The molecule has 0 aliphatic rings. The monoisotopic (exact) mass is 1950 g/mol. The van der Waals surface area contributed by atoms with E-state index in [-0.39, 0.29) is 85.3 Å². The van der Waals surface area contributed by atoms with Crippen LogP contribution in [0, 0.1) is 7.14 Å². The Labute approximate surface area is 712 Å². The van der Waals surface area contributed by atoms with Gasteiger partial charge in [0, 0.05) is 34.8 Å². The molecule has 8 rings (SSSR count). The number of benzene rings is 8. The van der Waals surface area contributed by atoms with Crippen molar-refractivity contribution in [1.82, 2.24) is 0 Å². The van der Waals surface area contributed by atoms with Crippen molar-refractivity contribution < 1.29 is 233 Å². The molecule has 0 radical (unpaired) electrons. The summed E-state index contributed by atoms with van der Waals surface area (Å²) in [5.41, 5.74) is -0.643. The molecule has 0 spiro atoms. The van der Waals surface area contributed by atoms with E-state index in [0.717, 1.165) is 85.2 Å². The van der Waals surface area contributed by atoms with Crippen LogP contribution in [0.1, 0.15) is 83.7 Å². The van der Waals surface area contributed by atoms with Gasteiger partial charge in [-0.2, -0.15) is 0 Å². The molecule has 0 aliphatic heterocycles. The van der Waals surface area contributed by atoms with Gasteiger partial charge in [-0.25, -0.2) is 34.8 Å². The number of methoxy groups -OCH3 is 2. The molecule has 49 heteroatoms. The van der Waals surface area contributed by atoms with E-state index in [1.807, 2.05) is 24.3 Å². The SMILES string of the molecule is C.C/C(=C/C(=O)[O-])C(=O)[O-].COc1ccc([I+]c2ccc(OC)cc2)cc1.O=C([O-])C(=O)O.O=C([O-])CC(=O)O.O=C([O-])COc1ccccc1OCC(=O)[O-].O=C([O-])Cc1cccc(CC(=O)[O-])c1.O=C([O-])c1cc([O-])cc(C(=O)O)c1.O=C([O-])c1ccc(Br)c(C(=O)[O-])c1.O=C([O-])c1ccc(S(=O)(=O)[O-])cc1.O=S(=O)([O-])c1cccc(S(=O)(=O)[O-])c1. The first-order chi connectivity index (χ1) is 56.4. The third-order valence-electron chi connectivity index (χ3n) is 12.2. The summed E-state index contributed by atoms with van der Waals surface area (Å²) in [6.07, 6.45) is -0.864. The van der Waals surface area contributed by atoms with Gasteiger partial charge in [-0.05, 0) is 156 Å². The number of ether oxygens (including phenoxy) is 4. The van der Waals surface area contributed by atoms with Crippen LogP contribution in [0.25, 0.3) is 0 Å². The first-order valence-corrected chi connectivity index (χ1v) is 38.5. The quantitative estimate of drug-likeness (QED) is 0.0149. The molecule has 664 valence electrons. The molecule has 0 aromatic heterocycles. The van der Waals surface area contributed by atoms with Gasteiger partial charge in [0.2, 0.25) is 0 Å². The molecule has 0 heterocycles. The number of aliphatic carboxylic acids is 10. The summed E-state index contributed by atoms with van der Waals surface area (Å²) in [7, 11) is -10.6. The highest BCUT2D eigenvalue weighted by molar-refractivity contribution is 9.10. The highest BCUT2D eigenvalue weighted by Gasteiger charge is 2.16. The third kappa shape index (κ3) is 52.1. The zero-order valence-electron chi connectivity index (χ0n) is 61.5. The molecule has 0 bridgehead atoms.